The van der Waals surface area contributed by atoms with Gasteiger partial charge in [0.05, 0.1) is 47.9 Å². The predicted molar refractivity (Wildman–Crippen MR) is 133 cm³/mol. The number of likely N-dealkylation sites (tertiary alicyclic amines) is 1. The lowest BCUT2D eigenvalue weighted by molar-refractivity contribution is 0.0674. The Kier molecular flexibility index (Phi) is 7.57. The van der Waals surface area contributed by atoms with Gasteiger partial charge in [-0.15, -0.1) is 0 Å². The molecule has 0 bridgehead atoms. The molecule has 10 heteroatoms. The second-order valence-electron chi connectivity index (χ2n) is 9.15. The first kappa shape index (κ1) is 24.3. The zero-order valence-electron chi connectivity index (χ0n) is 19.8. The molecule has 0 radical (unpaired) electrons. The quantitative estimate of drug-likeness (QED) is 0.390. The van der Waals surface area contributed by atoms with Crippen LogP contribution in [0.5, 0.6) is 5.75 Å². The van der Waals surface area contributed by atoms with Crippen molar-refractivity contribution in [1.29, 1.82) is 0 Å². The van der Waals surface area contributed by atoms with Gasteiger partial charge in [0, 0.05) is 13.0 Å². The van der Waals surface area contributed by atoms with Crippen LogP contribution >= 0.6 is 11.7 Å². The zero-order chi connectivity index (χ0) is 24.2. The molecule has 9 nitrogen and oxygen atoms in total. The first-order valence-electron chi connectivity index (χ1n) is 11.9. The number of aliphatic hydroxyl groups is 1. The van der Waals surface area contributed by atoms with Crippen LogP contribution in [0.15, 0.2) is 30.0 Å². The average Bonchev–Trinajstić information content (AvgIpc) is 3.59. The highest BCUT2D eigenvalue weighted by Crippen LogP contribution is 2.35. The smallest absolute Gasteiger partial charge is 0.258 e. The molecule has 2 aliphatic heterocycles. The Morgan fingerprint density at radius 3 is 2.82 bits per heavy atom. The molecule has 2 aliphatic rings. The van der Waals surface area contributed by atoms with Crippen LogP contribution in [0.3, 0.4) is 0 Å². The van der Waals surface area contributed by atoms with E-state index in [4.69, 9.17) is 4.74 Å². The Morgan fingerprint density at radius 1 is 1.32 bits per heavy atom. The van der Waals surface area contributed by atoms with Gasteiger partial charge in [-0.3, -0.25) is 4.79 Å². The average molecular weight is 488 g/mol. The number of aliphatic hydroxyl groups excluding tert-OH is 1. The fraction of sp³-hybridized carbons (Fsp3) is 0.542. The second-order valence-corrected chi connectivity index (χ2v) is 9.68. The number of carbonyl (C=O) groups is 1. The fourth-order valence-corrected chi connectivity index (χ4v) is 4.98. The van der Waals surface area contributed by atoms with Crippen molar-refractivity contribution in [3.8, 4) is 5.75 Å². The van der Waals surface area contributed by atoms with Crippen molar-refractivity contribution in [1.82, 2.24) is 13.6 Å². The highest BCUT2D eigenvalue weighted by Gasteiger charge is 2.31. The summed E-state index contributed by atoms with van der Waals surface area (Å²) in [6, 6.07) is 4.84. The predicted octanol–water partition coefficient (Wildman–Crippen LogP) is 4.10. The molecule has 0 aliphatic carbocycles. The van der Waals surface area contributed by atoms with Crippen molar-refractivity contribution in [2.75, 3.05) is 23.8 Å². The highest BCUT2D eigenvalue weighted by molar-refractivity contribution is 6.99. The van der Waals surface area contributed by atoms with Crippen molar-refractivity contribution in [3.63, 3.8) is 0 Å². The summed E-state index contributed by atoms with van der Waals surface area (Å²) in [4.78, 5) is 14.7. The number of carbonyl (C=O) groups excluding carboxylic acids is 1. The van der Waals surface area contributed by atoms with E-state index in [0.29, 0.717) is 29.8 Å². The first-order chi connectivity index (χ1) is 16.4. The maximum absolute atomic E-state index is 13.0. The number of nitrogens with one attached hydrogen (secondary N) is 2. The Labute approximate surface area is 204 Å². The third-order valence-corrected chi connectivity index (χ3v) is 7.17. The Bertz CT molecular complexity index is 1040. The summed E-state index contributed by atoms with van der Waals surface area (Å²) in [6.45, 7) is 6.91. The largest absolute Gasteiger partial charge is 0.505 e. The summed E-state index contributed by atoms with van der Waals surface area (Å²) < 4.78 is 14.7. The minimum atomic E-state index is -0.287. The number of nitrogens with zero attached hydrogens (tertiary/aromatic N) is 3. The molecule has 0 spiro atoms. The normalized spacial score (nSPS) is 20.9. The number of phenolic OH excluding ortho intramolecular Hbond substituents is 1. The molecule has 4 rings (SSSR count). The number of anilines is 3. The summed E-state index contributed by atoms with van der Waals surface area (Å²) in [5, 5.41) is 27.0. The van der Waals surface area contributed by atoms with Gasteiger partial charge in [-0.25, -0.2) is 0 Å². The monoisotopic (exact) mass is 487 g/mol. The standard InChI is InChI=1S/C24H33N5O4S/c1-4-18(20-11-15(13-33-20)14(2)3)25-22-23(28-34-27-22)26-19-9-5-8-17(21(19)31)24(32)29-10-6-7-16(29)12-30/h5,8-9,13-14,16,18,20,30-31H,4,6-7,10-12H2,1-3H3,(H,25,27)(H,26,28)/t16?,18-,20?/m1/s1. The van der Waals surface area contributed by atoms with Crippen molar-refractivity contribution in [3.05, 3.63) is 35.6 Å². The molecule has 0 saturated carbocycles. The Balaban J connectivity index is 1.48. The summed E-state index contributed by atoms with van der Waals surface area (Å²) in [6.07, 6.45) is 5.22. The van der Waals surface area contributed by atoms with Crippen molar-refractivity contribution >= 4 is 35.0 Å². The van der Waals surface area contributed by atoms with E-state index in [0.717, 1.165) is 37.4 Å². The number of hydrogen-bond acceptors (Lipinski definition) is 9. The molecule has 34 heavy (non-hydrogen) atoms. The second kappa shape index (κ2) is 10.6. The van der Waals surface area contributed by atoms with E-state index in [2.05, 4.69) is 40.2 Å². The minimum absolute atomic E-state index is 0.0197. The van der Waals surface area contributed by atoms with Gasteiger partial charge in [-0.2, -0.15) is 8.75 Å². The number of hydrogen-bond donors (Lipinski definition) is 4. The summed E-state index contributed by atoms with van der Waals surface area (Å²) in [5.41, 5.74) is 1.87. The molecule has 1 fully saturated rings. The molecular weight excluding hydrogens is 454 g/mol. The van der Waals surface area contributed by atoms with Crippen LogP contribution in [0.1, 0.15) is 56.8 Å². The van der Waals surface area contributed by atoms with Crippen LogP contribution in [0.4, 0.5) is 17.3 Å². The zero-order valence-corrected chi connectivity index (χ0v) is 20.6. The van der Waals surface area contributed by atoms with E-state index in [-0.39, 0.29) is 42.0 Å². The van der Waals surface area contributed by atoms with Gasteiger partial charge in [-0.05, 0) is 42.9 Å². The molecule has 2 aromatic rings. The van der Waals surface area contributed by atoms with E-state index < -0.39 is 0 Å². The van der Waals surface area contributed by atoms with E-state index in [1.165, 1.54) is 5.57 Å². The SMILES string of the molecule is CC[C@@H](Nc1nsnc1Nc1cccc(C(=O)N2CCCC2CO)c1O)C1CC(C(C)C)=CO1. The van der Waals surface area contributed by atoms with Crippen LogP contribution in [0.25, 0.3) is 0 Å². The van der Waals surface area contributed by atoms with Gasteiger partial charge < -0.3 is 30.5 Å². The molecular formula is C24H33N5O4S. The number of rotatable bonds is 9. The lowest BCUT2D eigenvalue weighted by atomic mass is 9.96. The summed E-state index contributed by atoms with van der Waals surface area (Å²) >= 11 is 1.06. The van der Waals surface area contributed by atoms with Crippen molar-refractivity contribution < 1.29 is 19.7 Å². The van der Waals surface area contributed by atoms with Gasteiger partial charge in [0.25, 0.3) is 5.91 Å². The van der Waals surface area contributed by atoms with E-state index in [1.54, 1.807) is 23.1 Å². The minimum Gasteiger partial charge on any atom is -0.505 e. The molecule has 184 valence electrons. The number of phenols is 1. The molecule has 1 aromatic carbocycles. The van der Waals surface area contributed by atoms with Crippen LogP contribution in [0, 0.1) is 5.92 Å². The maximum Gasteiger partial charge on any atom is 0.258 e. The highest BCUT2D eigenvalue weighted by atomic mass is 32.1. The molecule has 3 atom stereocenters. The van der Waals surface area contributed by atoms with Gasteiger partial charge in [0.2, 0.25) is 0 Å². The maximum atomic E-state index is 13.0. The number of aromatic nitrogens is 2. The molecule has 2 unspecified atom stereocenters. The Hall–Kier alpha value is -2.85. The molecule has 4 N–H and O–H groups in total. The lowest BCUT2D eigenvalue weighted by Gasteiger charge is -2.24. The number of aromatic hydroxyl groups is 1. The topological polar surface area (TPSA) is 120 Å². The van der Waals surface area contributed by atoms with Crippen molar-refractivity contribution in [2.24, 2.45) is 5.92 Å². The van der Waals surface area contributed by atoms with Crippen molar-refractivity contribution in [2.45, 2.75) is 64.6 Å². The van der Waals surface area contributed by atoms with Gasteiger partial charge in [0.1, 0.15) is 6.10 Å². The van der Waals surface area contributed by atoms with E-state index in [9.17, 15) is 15.0 Å². The lowest BCUT2D eigenvalue weighted by Crippen LogP contribution is -2.37. The summed E-state index contributed by atoms with van der Waals surface area (Å²) in [5.74, 6) is 1.08. The number of ether oxygens (including phenoxy) is 1. The summed E-state index contributed by atoms with van der Waals surface area (Å²) in [7, 11) is 0. The molecule has 1 saturated heterocycles. The number of para-hydroxylation sites is 1. The van der Waals surface area contributed by atoms with Crippen LogP contribution in [-0.4, -0.2) is 61.1 Å². The fourth-order valence-electron chi connectivity index (χ4n) is 4.50. The molecule has 3 heterocycles. The molecule has 1 aromatic heterocycles. The first-order valence-corrected chi connectivity index (χ1v) is 12.6. The van der Waals surface area contributed by atoms with E-state index in [1.807, 2.05) is 6.26 Å². The number of amides is 1. The number of benzene rings is 1. The Morgan fingerprint density at radius 2 is 2.12 bits per heavy atom. The van der Waals surface area contributed by atoms with Crippen LogP contribution < -0.4 is 10.6 Å². The van der Waals surface area contributed by atoms with Gasteiger partial charge in [0.15, 0.2) is 17.4 Å². The third kappa shape index (κ3) is 4.97. The van der Waals surface area contributed by atoms with Gasteiger partial charge in [-0.1, -0.05) is 26.8 Å². The third-order valence-electron chi connectivity index (χ3n) is 6.64. The van der Waals surface area contributed by atoms with Crippen LogP contribution in [0.2, 0.25) is 0 Å². The van der Waals surface area contributed by atoms with Crippen LogP contribution in [-0.2, 0) is 4.74 Å². The molecule has 1 amide bonds. The van der Waals surface area contributed by atoms with E-state index >= 15 is 0 Å². The van der Waals surface area contributed by atoms with Gasteiger partial charge >= 0.3 is 0 Å².